The number of hydrazine groups is 1. The van der Waals surface area contributed by atoms with Gasteiger partial charge in [0.2, 0.25) is 5.91 Å². The maximum Gasteiger partial charge on any atom is 0.277 e. The zero-order valence-electron chi connectivity index (χ0n) is 14.9. The molecule has 0 spiro atoms. The normalized spacial score (nSPS) is 13.8. The van der Waals surface area contributed by atoms with Crippen molar-refractivity contribution in [3.05, 3.63) is 46.8 Å². The Kier molecular flexibility index (Phi) is 4.75. The van der Waals surface area contributed by atoms with Crippen molar-refractivity contribution in [2.24, 2.45) is 0 Å². The topological polar surface area (TPSA) is 95.8 Å². The first-order chi connectivity index (χ1) is 12.4. The molecule has 1 fully saturated rings. The van der Waals surface area contributed by atoms with Gasteiger partial charge in [0.05, 0.1) is 5.69 Å². The van der Waals surface area contributed by atoms with Gasteiger partial charge in [-0.25, -0.2) is 10.0 Å². The molecule has 0 saturated carbocycles. The Morgan fingerprint density at radius 2 is 1.65 bits per heavy atom. The minimum Gasteiger partial charge on any atom is -0.361 e. The summed E-state index contributed by atoms with van der Waals surface area (Å²) < 4.78 is 5.07. The summed E-state index contributed by atoms with van der Waals surface area (Å²) in [7, 11) is 0. The Hall–Kier alpha value is -3.16. The number of benzene rings is 1. The van der Waals surface area contributed by atoms with Crippen LogP contribution >= 0.6 is 0 Å². The number of carbonyl (C=O) groups is 3. The first kappa shape index (κ1) is 17.7. The molecule has 1 aromatic heterocycles. The van der Waals surface area contributed by atoms with E-state index >= 15 is 0 Å². The minimum atomic E-state index is -0.290. The molecule has 3 amide bonds. The molecule has 8 nitrogen and oxygen atoms in total. The number of nitrogens with one attached hydrogen (secondary N) is 1. The maximum absolute atomic E-state index is 12.9. The monoisotopic (exact) mass is 356 g/mol. The summed E-state index contributed by atoms with van der Waals surface area (Å²) in [5, 5.41) is 9.35. The standard InChI is InChI=1S/C18H20N4O4/c1-11-16(12(2)26-20-11)18(25)22-10-4-9-21(22)17(24)14-5-7-15(8-6-14)19-13(3)23/h5-8H,4,9-10H2,1-3H3,(H,19,23). The maximum atomic E-state index is 12.9. The van der Waals surface area contributed by atoms with Gasteiger partial charge in [-0.1, -0.05) is 5.16 Å². The predicted octanol–water partition coefficient (Wildman–Crippen LogP) is 2.15. The Balaban J connectivity index is 1.80. The molecule has 1 aliphatic rings. The van der Waals surface area contributed by atoms with Crippen LogP contribution in [0.15, 0.2) is 28.8 Å². The van der Waals surface area contributed by atoms with Crippen molar-refractivity contribution in [3.63, 3.8) is 0 Å². The van der Waals surface area contributed by atoms with Crippen molar-refractivity contribution in [1.29, 1.82) is 0 Å². The van der Waals surface area contributed by atoms with E-state index in [9.17, 15) is 14.4 Å². The lowest BCUT2D eigenvalue weighted by atomic mass is 10.2. The highest BCUT2D eigenvalue weighted by Crippen LogP contribution is 2.22. The molecule has 2 heterocycles. The lowest BCUT2D eigenvalue weighted by Gasteiger charge is -2.28. The summed E-state index contributed by atoms with van der Waals surface area (Å²) in [5.74, 6) is -0.301. The lowest BCUT2D eigenvalue weighted by molar-refractivity contribution is -0.114. The first-order valence-corrected chi connectivity index (χ1v) is 8.32. The smallest absolute Gasteiger partial charge is 0.277 e. The fourth-order valence-corrected chi connectivity index (χ4v) is 3.00. The molecule has 0 aliphatic carbocycles. The van der Waals surface area contributed by atoms with Crippen molar-refractivity contribution in [3.8, 4) is 0 Å². The first-order valence-electron chi connectivity index (χ1n) is 8.32. The lowest BCUT2D eigenvalue weighted by Crippen LogP contribution is -2.45. The molecule has 3 rings (SSSR count). The largest absolute Gasteiger partial charge is 0.361 e. The van der Waals surface area contributed by atoms with Crippen LogP contribution in [0.2, 0.25) is 0 Å². The van der Waals surface area contributed by atoms with Crippen LogP contribution in [-0.2, 0) is 4.79 Å². The van der Waals surface area contributed by atoms with Gasteiger partial charge >= 0.3 is 0 Å². The molecule has 8 heteroatoms. The highest BCUT2D eigenvalue weighted by molar-refractivity contribution is 6.00. The molecule has 26 heavy (non-hydrogen) atoms. The number of hydrogen-bond donors (Lipinski definition) is 1. The van der Waals surface area contributed by atoms with Gasteiger partial charge in [0.1, 0.15) is 11.3 Å². The number of aryl methyl sites for hydroxylation is 2. The van der Waals surface area contributed by atoms with Crippen molar-refractivity contribution in [2.45, 2.75) is 27.2 Å². The van der Waals surface area contributed by atoms with Crippen molar-refractivity contribution >= 4 is 23.4 Å². The van der Waals surface area contributed by atoms with Gasteiger partial charge in [0.25, 0.3) is 11.8 Å². The number of hydrogen-bond acceptors (Lipinski definition) is 5. The molecular weight excluding hydrogens is 336 g/mol. The third-order valence-corrected chi connectivity index (χ3v) is 4.20. The predicted molar refractivity (Wildman–Crippen MR) is 93.4 cm³/mol. The molecule has 0 bridgehead atoms. The summed E-state index contributed by atoms with van der Waals surface area (Å²) >= 11 is 0. The Labute approximate surface area is 150 Å². The van der Waals surface area contributed by atoms with Crippen molar-refractivity contribution < 1.29 is 18.9 Å². The van der Waals surface area contributed by atoms with Crippen LogP contribution in [0.1, 0.15) is 45.5 Å². The van der Waals surface area contributed by atoms with Crippen LogP contribution in [0.4, 0.5) is 5.69 Å². The molecule has 0 atom stereocenters. The van der Waals surface area contributed by atoms with E-state index in [1.165, 1.54) is 16.9 Å². The average Bonchev–Trinajstić information content (AvgIpc) is 3.21. The molecule has 0 radical (unpaired) electrons. The van der Waals surface area contributed by atoms with Crippen LogP contribution < -0.4 is 5.32 Å². The second-order valence-electron chi connectivity index (χ2n) is 6.17. The van der Waals surface area contributed by atoms with Gasteiger partial charge in [-0.15, -0.1) is 0 Å². The molecule has 1 aliphatic heterocycles. The second-order valence-corrected chi connectivity index (χ2v) is 6.17. The molecule has 0 unspecified atom stereocenters. The van der Waals surface area contributed by atoms with Gasteiger partial charge in [0, 0.05) is 31.3 Å². The molecule has 136 valence electrons. The second kappa shape index (κ2) is 6.99. The van der Waals surface area contributed by atoms with Crippen LogP contribution in [0.3, 0.4) is 0 Å². The van der Waals surface area contributed by atoms with Gasteiger partial charge in [0.15, 0.2) is 0 Å². The molecule has 2 aromatic rings. The summed E-state index contributed by atoms with van der Waals surface area (Å²) in [5.41, 5.74) is 1.95. The number of rotatable bonds is 3. The fraction of sp³-hybridized carbons (Fsp3) is 0.333. The molecule has 1 aromatic carbocycles. The van der Waals surface area contributed by atoms with E-state index in [0.717, 1.165) is 0 Å². The molecular formula is C18H20N4O4. The summed E-state index contributed by atoms with van der Waals surface area (Å²) in [6, 6.07) is 6.57. The quantitative estimate of drug-likeness (QED) is 0.909. The Morgan fingerprint density at radius 1 is 1.04 bits per heavy atom. The zero-order valence-corrected chi connectivity index (χ0v) is 14.9. The van der Waals surface area contributed by atoms with E-state index in [-0.39, 0.29) is 17.7 Å². The minimum absolute atomic E-state index is 0.181. The molecule has 1 saturated heterocycles. The van der Waals surface area contributed by atoms with E-state index < -0.39 is 0 Å². The Morgan fingerprint density at radius 3 is 2.19 bits per heavy atom. The van der Waals surface area contributed by atoms with E-state index in [1.807, 2.05) is 0 Å². The number of amides is 3. The van der Waals surface area contributed by atoms with Crippen molar-refractivity contribution in [1.82, 2.24) is 15.2 Å². The SMILES string of the molecule is CC(=O)Nc1ccc(C(=O)N2CCCN2C(=O)c2c(C)noc2C)cc1. The van der Waals surface area contributed by atoms with Gasteiger partial charge in [-0.05, 0) is 44.5 Å². The molecule has 1 N–H and O–H groups in total. The third-order valence-electron chi connectivity index (χ3n) is 4.20. The number of aromatic nitrogens is 1. The summed E-state index contributed by atoms with van der Waals surface area (Å²) in [6.45, 7) is 5.71. The van der Waals surface area contributed by atoms with E-state index in [0.29, 0.717) is 47.8 Å². The van der Waals surface area contributed by atoms with Gasteiger partial charge < -0.3 is 9.84 Å². The van der Waals surface area contributed by atoms with E-state index in [4.69, 9.17) is 4.52 Å². The zero-order chi connectivity index (χ0) is 18.8. The highest BCUT2D eigenvalue weighted by Gasteiger charge is 2.34. The fourth-order valence-electron chi connectivity index (χ4n) is 3.00. The average molecular weight is 356 g/mol. The Bertz CT molecular complexity index is 837. The van der Waals surface area contributed by atoms with E-state index in [2.05, 4.69) is 10.5 Å². The number of anilines is 1. The van der Waals surface area contributed by atoms with Crippen LogP contribution in [0.5, 0.6) is 0 Å². The number of carbonyl (C=O) groups excluding carboxylic acids is 3. The van der Waals surface area contributed by atoms with Gasteiger partial charge in [-0.3, -0.25) is 14.4 Å². The highest BCUT2D eigenvalue weighted by atomic mass is 16.5. The van der Waals surface area contributed by atoms with Crippen molar-refractivity contribution in [2.75, 3.05) is 18.4 Å². The van der Waals surface area contributed by atoms with Crippen LogP contribution in [-0.4, -0.2) is 46.0 Å². The summed E-state index contributed by atoms with van der Waals surface area (Å²) in [6.07, 6.45) is 0.699. The number of nitrogens with zero attached hydrogens (tertiary/aromatic N) is 3. The van der Waals surface area contributed by atoms with Crippen LogP contribution in [0.25, 0.3) is 0 Å². The van der Waals surface area contributed by atoms with Crippen LogP contribution in [0, 0.1) is 13.8 Å². The van der Waals surface area contributed by atoms with Gasteiger partial charge in [-0.2, -0.15) is 0 Å². The third kappa shape index (κ3) is 3.30. The van der Waals surface area contributed by atoms with E-state index in [1.54, 1.807) is 38.1 Å². The summed E-state index contributed by atoms with van der Waals surface area (Å²) in [4.78, 5) is 36.8.